The first-order valence-electron chi connectivity index (χ1n) is 5.10. The molecule has 0 bridgehead atoms. The summed E-state index contributed by atoms with van der Waals surface area (Å²) < 4.78 is 22.4. The largest absolute Gasteiger partial charge is 0.318 e. The van der Waals surface area contributed by atoms with Crippen molar-refractivity contribution < 1.29 is 8.42 Å². The van der Waals surface area contributed by atoms with E-state index in [-0.39, 0.29) is 0 Å². The van der Waals surface area contributed by atoms with Crippen molar-refractivity contribution in [3.8, 4) is 0 Å². The molecule has 14 heavy (non-hydrogen) atoms. The Bertz CT molecular complexity index is 250. The molecule has 1 aliphatic heterocycles. The fourth-order valence-corrected chi connectivity index (χ4v) is 3.26. The van der Waals surface area contributed by atoms with Crippen LogP contribution < -0.4 is 5.32 Å². The van der Waals surface area contributed by atoms with Crippen molar-refractivity contribution in [2.45, 2.75) is 18.9 Å². The summed E-state index contributed by atoms with van der Waals surface area (Å²) in [5.41, 5.74) is 0. The van der Waals surface area contributed by atoms with Gasteiger partial charge in [0.15, 0.2) is 0 Å². The first-order valence-corrected chi connectivity index (χ1v) is 6.92. The molecular weight excluding hydrogens is 200 g/mol. The summed E-state index contributed by atoms with van der Waals surface area (Å²) in [5, 5.41) is 3.09. The number of sulfone groups is 1. The second-order valence-corrected chi connectivity index (χ2v) is 6.27. The summed E-state index contributed by atoms with van der Waals surface area (Å²) in [4.78, 5) is 2.26. The lowest BCUT2D eigenvalue weighted by Crippen LogP contribution is -2.41. The van der Waals surface area contributed by atoms with Gasteiger partial charge in [0.1, 0.15) is 9.84 Å². The molecule has 0 amide bonds. The van der Waals surface area contributed by atoms with Crippen LogP contribution in [0.15, 0.2) is 0 Å². The molecule has 0 aromatic carbocycles. The highest BCUT2D eigenvalue weighted by atomic mass is 32.2. The normalized spacial score (nSPS) is 22.8. The first-order chi connectivity index (χ1) is 6.55. The Morgan fingerprint density at radius 2 is 1.93 bits per heavy atom. The van der Waals surface area contributed by atoms with Crippen molar-refractivity contribution in [1.82, 2.24) is 10.2 Å². The van der Waals surface area contributed by atoms with Gasteiger partial charge in [-0.25, -0.2) is 8.42 Å². The molecule has 0 aromatic rings. The van der Waals surface area contributed by atoms with E-state index in [1.165, 1.54) is 0 Å². The van der Waals surface area contributed by atoms with Crippen LogP contribution in [0.5, 0.6) is 0 Å². The van der Waals surface area contributed by atoms with E-state index in [2.05, 4.69) is 17.3 Å². The lowest BCUT2D eigenvalue weighted by Gasteiger charge is -2.30. The van der Waals surface area contributed by atoms with Gasteiger partial charge >= 0.3 is 0 Å². The number of rotatable bonds is 4. The van der Waals surface area contributed by atoms with Crippen molar-refractivity contribution in [2.24, 2.45) is 0 Å². The van der Waals surface area contributed by atoms with E-state index in [1.54, 1.807) is 0 Å². The number of nitrogens with zero attached hydrogens (tertiary/aromatic N) is 1. The van der Waals surface area contributed by atoms with Crippen LogP contribution in [-0.4, -0.2) is 58.1 Å². The monoisotopic (exact) mass is 220 g/mol. The quantitative estimate of drug-likeness (QED) is 0.707. The van der Waals surface area contributed by atoms with Gasteiger partial charge in [0, 0.05) is 19.1 Å². The molecule has 84 valence electrons. The first kappa shape index (κ1) is 11.9. The van der Waals surface area contributed by atoms with Crippen molar-refractivity contribution in [3.63, 3.8) is 0 Å². The average molecular weight is 220 g/mol. The molecule has 1 heterocycles. The second kappa shape index (κ2) is 5.09. The molecule has 0 aliphatic carbocycles. The van der Waals surface area contributed by atoms with E-state index in [0.29, 0.717) is 17.5 Å². The van der Waals surface area contributed by atoms with E-state index in [4.69, 9.17) is 0 Å². The SMILES string of the molecule is CNCCN(C)C1CCS(=O)(=O)CC1. The van der Waals surface area contributed by atoms with Crippen LogP contribution in [0.1, 0.15) is 12.8 Å². The molecule has 1 N–H and O–H groups in total. The van der Waals surface area contributed by atoms with Gasteiger partial charge in [-0.3, -0.25) is 0 Å². The van der Waals surface area contributed by atoms with Gasteiger partial charge in [0.25, 0.3) is 0 Å². The third kappa shape index (κ3) is 3.55. The predicted molar refractivity (Wildman–Crippen MR) is 58.2 cm³/mol. The molecule has 0 aromatic heterocycles. The summed E-state index contributed by atoms with van der Waals surface area (Å²) in [5.74, 6) is 0.725. The Hall–Kier alpha value is -0.130. The molecule has 1 saturated heterocycles. The molecule has 1 rings (SSSR count). The van der Waals surface area contributed by atoms with Gasteiger partial charge in [0.2, 0.25) is 0 Å². The van der Waals surface area contributed by atoms with Crippen molar-refractivity contribution in [1.29, 1.82) is 0 Å². The van der Waals surface area contributed by atoms with E-state index >= 15 is 0 Å². The summed E-state index contributed by atoms with van der Waals surface area (Å²) in [7, 11) is 1.29. The summed E-state index contributed by atoms with van der Waals surface area (Å²) in [6, 6.07) is 0.451. The third-order valence-corrected chi connectivity index (χ3v) is 4.58. The van der Waals surface area contributed by atoms with Crippen LogP contribution in [0.25, 0.3) is 0 Å². The topological polar surface area (TPSA) is 49.4 Å². The van der Waals surface area contributed by atoms with E-state index in [9.17, 15) is 8.42 Å². The zero-order valence-electron chi connectivity index (χ0n) is 8.99. The molecule has 0 atom stereocenters. The van der Waals surface area contributed by atoms with Gasteiger partial charge in [-0.05, 0) is 26.9 Å². The minimum atomic E-state index is -2.71. The number of nitrogens with one attached hydrogen (secondary N) is 1. The van der Waals surface area contributed by atoms with Gasteiger partial charge in [0.05, 0.1) is 11.5 Å². The van der Waals surface area contributed by atoms with Gasteiger partial charge in [-0.15, -0.1) is 0 Å². The van der Waals surface area contributed by atoms with E-state index < -0.39 is 9.84 Å². The number of hydrogen-bond acceptors (Lipinski definition) is 4. The fourth-order valence-electron chi connectivity index (χ4n) is 1.79. The molecule has 0 radical (unpaired) electrons. The standard InChI is InChI=1S/C9H20N2O2S/c1-10-5-6-11(2)9-3-7-14(12,13)8-4-9/h9-10H,3-8H2,1-2H3. The minimum Gasteiger partial charge on any atom is -0.318 e. The van der Waals surface area contributed by atoms with E-state index in [0.717, 1.165) is 25.9 Å². The van der Waals surface area contributed by atoms with Crippen LogP contribution in [0.2, 0.25) is 0 Å². The Morgan fingerprint density at radius 3 is 2.43 bits per heavy atom. The van der Waals surface area contributed by atoms with Crippen molar-refractivity contribution in [3.05, 3.63) is 0 Å². The Morgan fingerprint density at radius 1 is 1.36 bits per heavy atom. The molecule has 1 aliphatic rings. The molecule has 0 spiro atoms. The maximum atomic E-state index is 11.2. The second-order valence-electron chi connectivity index (χ2n) is 3.97. The average Bonchev–Trinajstić information content (AvgIpc) is 2.14. The number of hydrogen-bond donors (Lipinski definition) is 1. The zero-order valence-corrected chi connectivity index (χ0v) is 9.81. The lowest BCUT2D eigenvalue weighted by atomic mass is 10.1. The fraction of sp³-hybridized carbons (Fsp3) is 1.00. The smallest absolute Gasteiger partial charge is 0.150 e. The molecular formula is C9H20N2O2S. The minimum absolute atomic E-state index is 0.363. The van der Waals surface area contributed by atoms with Crippen LogP contribution in [0.4, 0.5) is 0 Å². The third-order valence-electron chi connectivity index (χ3n) is 2.86. The molecule has 0 saturated carbocycles. The Labute approximate surface area is 86.6 Å². The highest BCUT2D eigenvalue weighted by molar-refractivity contribution is 7.91. The maximum absolute atomic E-state index is 11.2. The Kier molecular flexibility index (Phi) is 4.34. The predicted octanol–water partition coefficient (Wildman–Crippen LogP) is -0.285. The molecule has 0 unspecified atom stereocenters. The zero-order chi connectivity index (χ0) is 10.6. The highest BCUT2D eigenvalue weighted by Gasteiger charge is 2.25. The van der Waals surface area contributed by atoms with Gasteiger partial charge in [-0.1, -0.05) is 0 Å². The number of likely N-dealkylation sites (N-methyl/N-ethyl adjacent to an activating group) is 2. The van der Waals surface area contributed by atoms with Crippen LogP contribution in [0.3, 0.4) is 0 Å². The van der Waals surface area contributed by atoms with Gasteiger partial charge < -0.3 is 10.2 Å². The highest BCUT2D eigenvalue weighted by Crippen LogP contribution is 2.16. The van der Waals surface area contributed by atoms with Crippen LogP contribution in [-0.2, 0) is 9.84 Å². The van der Waals surface area contributed by atoms with Gasteiger partial charge in [-0.2, -0.15) is 0 Å². The van der Waals surface area contributed by atoms with Crippen LogP contribution >= 0.6 is 0 Å². The summed E-state index contributed by atoms with van der Waals surface area (Å²) >= 11 is 0. The molecule has 5 heteroatoms. The van der Waals surface area contributed by atoms with Crippen molar-refractivity contribution in [2.75, 3.05) is 38.7 Å². The molecule has 1 fully saturated rings. The Balaban J connectivity index is 2.34. The summed E-state index contributed by atoms with van der Waals surface area (Å²) in [6.45, 7) is 1.95. The maximum Gasteiger partial charge on any atom is 0.150 e. The van der Waals surface area contributed by atoms with Crippen LogP contribution in [0, 0.1) is 0 Å². The van der Waals surface area contributed by atoms with Crippen molar-refractivity contribution >= 4 is 9.84 Å². The van der Waals surface area contributed by atoms with E-state index in [1.807, 2.05) is 7.05 Å². The molecule has 4 nitrogen and oxygen atoms in total. The summed E-state index contributed by atoms with van der Waals surface area (Å²) in [6.07, 6.45) is 1.59. The lowest BCUT2D eigenvalue weighted by molar-refractivity contribution is 0.228.